The van der Waals surface area contributed by atoms with Gasteiger partial charge in [0.05, 0.1) is 15.0 Å². The zero-order valence-corrected chi connectivity index (χ0v) is 16.7. The quantitative estimate of drug-likeness (QED) is 0.517. The van der Waals surface area contributed by atoms with Crippen molar-refractivity contribution < 1.29 is 19.4 Å². The van der Waals surface area contributed by atoms with E-state index in [-0.39, 0.29) is 4.32 Å². The van der Waals surface area contributed by atoms with Crippen molar-refractivity contribution in [1.29, 1.82) is 0 Å². The summed E-state index contributed by atoms with van der Waals surface area (Å²) in [5.41, 5.74) is 0.711. The zero-order chi connectivity index (χ0) is 19.6. The average Bonchev–Trinajstić information content (AvgIpc) is 2.86. The largest absolute Gasteiger partial charge is 0.480 e. The third-order valence-corrected chi connectivity index (χ3v) is 5.57. The summed E-state index contributed by atoms with van der Waals surface area (Å²) in [6, 6.07) is 12.0. The number of nitrogens with zero attached hydrogens (tertiary/aromatic N) is 1. The van der Waals surface area contributed by atoms with E-state index in [1.165, 1.54) is 0 Å². The van der Waals surface area contributed by atoms with Gasteiger partial charge in [0.15, 0.2) is 0 Å². The van der Waals surface area contributed by atoms with Crippen LogP contribution in [-0.2, 0) is 9.59 Å². The molecule has 0 spiro atoms. The van der Waals surface area contributed by atoms with Crippen LogP contribution in [0.5, 0.6) is 11.5 Å². The molecule has 1 heterocycles. The Labute approximate surface area is 174 Å². The highest BCUT2D eigenvalue weighted by molar-refractivity contribution is 8.26. The first-order valence-corrected chi connectivity index (χ1v) is 9.51. The second kappa shape index (κ2) is 8.31. The lowest BCUT2D eigenvalue weighted by Crippen LogP contribution is -2.33. The van der Waals surface area contributed by atoms with Crippen LogP contribution in [0.2, 0.25) is 10.0 Å². The van der Waals surface area contributed by atoms with Crippen LogP contribution in [0.4, 0.5) is 0 Å². The van der Waals surface area contributed by atoms with Crippen molar-refractivity contribution in [1.82, 2.24) is 4.90 Å². The Hall–Kier alpha value is -2.06. The van der Waals surface area contributed by atoms with Gasteiger partial charge in [-0.3, -0.25) is 14.5 Å². The van der Waals surface area contributed by atoms with E-state index >= 15 is 0 Å². The highest BCUT2D eigenvalue weighted by Gasteiger charge is 2.33. The molecule has 2 aromatic rings. The highest BCUT2D eigenvalue weighted by Crippen LogP contribution is 2.34. The van der Waals surface area contributed by atoms with E-state index in [0.717, 1.165) is 16.7 Å². The van der Waals surface area contributed by atoms with Crippen molar-refractivity contribution in [2.75, 3.05) is 6.54 Å². The molecule has 0 aromatic heterocycles. The summed E-state index contributed by atoms with van der Waals surface area (Å²) in [5.74, 6) is -0.481. The van der Waals surface area contributed by atoms with E-state index in [1.807, 2.05) is 0 Å². The van der Waals surface area contributed by atoms with Crippen molar-refractivity contribution in [3.05, 3.63) is 63.0 Å². The minimum Gasteiger partial charge on any atom is -0.480 e. The number of carboxylic acids is 1. The second-order valence-corrected chi connectivity index (χ2v) is 7.90. The van der Waals surface area contributed by atoms with Crippen LogP contribution in [0.3, 0.4) is 0 Å². The number of amides is 1. The molecular formula is C18H11Cl2NO4S2. The van der Waals surface area contributed by atoms with Crippen LogP contribution >= 0.6 is 47.2 Å². The summed E-state index contributed by atoms with van der Waals surface area (Å²) < 4.78 is 5.98. The molecule has 0 radical (unpaired) electrons. The number of carbonyl (C=O) groups is 2. The van der Waals surface area contributed by atoms with E-state index in [2.05, 4.69) is 0 Å². The molecule has 9 heteroatoms. The molecule has 1 aliphatic heterocycles. The molecule has 1 aliphatic rings. The van der Waals surface area contributed by atoms with Crippen LogP contribution in [0.25, 0.3) is 6.08 Å². The standard InChI is InChI=1S/C18H11Cl2NO4S2/c19-13-5-4-12(8-14(13)20)25-11-3-1-2-10(6-11)7-15-17(24)21(9-16(22)23)18(26)27-15/h1-8H,9H2,(H,22,23)/b15-7+. The van der Waals surface area contributed by atoms with E-state index in [9.17, 15) is 9.59 Å². The maximum Gasteiger partial charge on any atom is 0.323 e. The molecule has 1 fully saturated rings. The number of carbonyl (C=O) groups excluding carboxylic acids is 1. The van der Waals surface area contributed by atoms with Crippen LogP contribution in [0.1, 0.15) is 5.56 Å². The molecule has 1 N–H and O–H groups in total. The van der Waals surface area contributed by atoms with E-state index in [0.29, 0.717) is 32.0 Å². The Balaban J connectivity index is 1.80. The van der Waals surface area contributed by atoms with Gasteiger partial charge in [0, 0.05) is 6.07 Å². The molecule has 0 aliphatic carbocycles. The zero-order valence-electron chi connectivity index (χ0n) is 13.5. The van der Waals surface area contributed by atoms with Gasteiger partial charge in [-0.05, 0) is 35.9 Å². The number of thiocarbonyl (C=S) groups is 1. The molecule has 0 saturated carbocycles. The second-order valence-electron chi connectivity index (χ2n) is 5.41. The van der Waals surface area contributed by atoms with E-state index < -0.39 is 18.4 Å². The van der Waals surface area contributed by atoms with Gasteiger partial charge < -0.3 is 9.84 Å². The van der Waals surface area contributed by atoms with Gasteiger partial charge in [0.25, 0.3) is 5.91 Å². The number of halogens is 2. The molecule has 2 aromatic carbocycles. The average molecular weight is 440 g/mol. The molecular weight excluding hydrogens is 429 g/mol. The van der Waals surface area contributed by atoms with Gasteiger partial charge in [0.1, 0.15) is 22.4 Å². The van der Waals surface area contributed by atoms with Crippen LogP contribution < -0.4 is 4.74 Å². The molecule has 3 rings (SSSR count). The number of aliphatic carboxylic acids is 1. The molecule has 0 unspecified atom stereocenters. The summed E-state index contributed by atoms with van der Waals surface area (Å²) in [4.78, 5) is 24.6. The van der Waals surface area contributed by atoms with Crippen LogP contribution in [0.15, 0.2) is 47.4 Å². The summed E-state index contributed by atoms with van der Waals surface area (Å²) in [6.07, 6.45) is 1.64. The third kappa shape index (κ3) is 4.81. The maximum absolute atomic E-state index is 12.3. The van der Waals surface area contributed by atoms with Crippen molar-refractivity contribution in [3.63, 3.8) is 0 Å². The van der Waals surface area contributed by atoms with Gasteiger partial charge in [-0.25, -0.2) is 0 Å². The molecule has 1 amide bonds. The Morgan fingerprint density at radius 1 is 1.19 bits per heavy atom. The number of thioether (sulfide) groups is 1. The van der Waals surface area contributed by atoms with Gasteiger partial charge in [-0.2, -0.15) is 0 Å². The fourth-order valence-electron chi connectivity index (χ4n) is 2.27. The minimum atomic E-state index is -1.12. The van der Waals surface area contributed by atoms with Crippen molar-refractivity contribution in [2.24, 2.45) is 0 Å². The van der Waals surface area contributed by atoms with Gasteiger partial charge in [-0.1, -0.05) is 59.3 Å². The Morgan fingerprint density at radius 3 is 2.63 bits per heavy atom. The fourth-order valence-corrected chi connectivity index (χ4v) is 3.81. The minimum absolute atomic E-state index is 0.219. The van der Waals surface area contributed by atoms with Gasteiger partial charge in [0.2, 0.25) is 0 Å². The first kappa shape index (κ1) is 19.7. The number of hydrogen-bond donors (Lipinski definition) is 1. The SMILES string of the molecule is O=C(O)CN1C(=O)/C(=C\c2cccc(Oc3ccc(Cl)c(Cl)c3)c2)SC1=S. The lowest BCUT2D eigenvalue weighted by molar-refractivity contribution is -0.140. The fraction of sp³-hybridized carbons (Fsp3) is 0.0556. The number of ether oxygens (including phenoxy) is 1. The van der Waals surface area contributed by atoms with E-state index in [4.69, 9.17) is 45.3 Å². The summed E-state index contributed by atoms with van der Waals surface area (Å²) in [7, 11) is 0. The maximum atomic E-state index is 12.3. The molecule has 1 saturated heterocycles. The molecule has 5 nitrogen and oxygen atoms in total. The molecule has 0 atom stereocenters. The predicted molar refractivity (Wildman–Crippen MR) is 110 cm³/mol. The smallest absolute Gasteiger partial charge is 0.323 e. The molecule has 0 bridgehead atoms. The van der Waals surface area contributed by atoms with E-state index in [1.54, 1.807) is 48.5 Å². The summed E-state index contributed by atoms with van der Waals surface area (Å²) >= 11 is 18.0. The monoisotopic (exact) mass is 439 g/mol. The Morgan fingerprint density at radius 2 is 1.93 bits per heavy atom. The van der Waals surface area contributed by atoms with Gasteiger partial charge >= 0.3 is 5.97 Å². The van der Waals surface area contributed by atoms with Crippen LogP contribution in [0, 0.1) is 0 Å². The molecule has 138 valence electrons. The first-order valence-electron chi connectivity index (χ1n) is 7.53. The lowest BCUT2D eigenvalue weighted by atomic mass is 10.2. The Bertz CT molecular complexity index is 978. The number of hydrogen-bond acceptors (Lipinski definition) is 5. The Kier molecular flexibility index (Phi) is 6.06. The van der Waals surface area contributed by atoms with Crippen molar-refractivity contribution in [2.45, 2.75) is 0 Å². The number of rotatable bonds is 5. The van der Waals surface area contributed by atoms with Crippen LogP contribution in [-0.4, -0.2) is 32.7 Å². The summed E-state index contributed by atoms with van der Waals surface area (Å²) in [6.45, 7) is -0.456. The third-order valence-electron chi connectivity index (χ3n) is 3.45. The topological polar surface area (TPSA) is 66.8 Å². The highest BCUT2D eigenvalue weighted by atomic mass is 35.5. The lowest BCUT2D eigenvalue weighted by Gasteiger charge is -2.10. The van der Waals surface area contributed by atoms with Crippen molar-refractivity contribution >= 4 is 69.5 Å². The normalized spacial score (nSPS) is 15.5. The summed E-state index contributed by atoms with van der Waals surface area (Å²) in [5, 5.41) is 9.70. The molecule has 27 heavy (non-hydrogen) atoms. The predicted octanol–water partition coefficient (Wildman–Crippen LogP) is 5.07. The van der Waals surface area contributed by atoms with Gasteiger partial charge in [-0.15, -0.1) is 0 Å². The first-order chi connectivity index (χ1) is 12.8. The number of carboxylic acid groups (broad SMARTS) is 1. The number of benzene rings is 2. The van der Waals surface area contributed by atoms with Crippen molar-refractivity contribution in [3.8, 4) is 11.5 Å².